The van der Waals surface area contributed by atoms with Crippen LogP contribution in [0, 0.1) is 19.7 Å². The minimum absolute atomic E-state index is 0.00576. The molecule has 3 aromatic heterocycles. The molecule has 0 amide bonds. The summed E-state index contributed by atoms with van der Waals surface area (Å²) in [5, 5.41) is 0.971. The van der Waals surface area contributed by atoms with Gasteiger partial charge in [0.05, 0.1) is 79.5 Å². The van der Waals surface area contributed by atoms with Crippen LogP contribution < -0.4 is 23.7 Å². The van der Waals surface area contributed by atoms with Gasteiger partial charge in [0.15, 0.2) is 17.7 Å². The van der Waals surface area contributed by atoms with Crippen molar-refractivity contribution in [3.8, 4) is 61.8 Å². The van der Waals surface area contributed by atoms with Crippen LogP contribution in [0.1, 0.15) is 29.3 Å². The molecule has 19 heteroatoms. The fourth-order valence-corrected chi connectivity index (χ4v) is 9.77. The molecule has 2 aliphatic heterocycles. The first-order chi connectivity index (χ1) is 36.1. The van der Waals surface area contributed by atoms with Crippen LogP contribution in [0.5, 0.6) is 28.9 Å². The van der Waals surface area contributed by atoms with Gasteiger partial charge in [0.25, 0.3) is 0 Å². The summed E-state index contributed by atoms with van der Waals surface area (Å²) in [7, 11) is 1.63. The normalized spacial score (nSPS) is 14.4. The molecule has 15 nitrogen and oxygen atoms in total. The number of methoxy groups -OCH3 is 1. The number of esters is 1. The zero-order valence-electron chi connectivity index (χ0n) is 41.3. The molecule has 5 heterocycles. The van der Waals surface area contributed by atoms with Crippen LogP contribution in [-0.2, 0) is 41.5 Å². The zero-order chi connectivity index (χ0) is 52.0. The highest BCUT2D eigenvalue weighted by molar-refractivity contribution is 7.22. The van der Waals surface area contributed by atoms with Crippen molar-refractivity contribution in [2.45, 2.75) is 46.0 Å². The van der Waals surface area contributed by atoms with Crippen molar-refractivity contribution in [2.75, 3.05) is 73.2 Å². The number of carbonyl (C=O) groups excluding carboxylic acids is 1. The Labute approximate surface area is 442 Å². The average Bonchev–Trinajstić information content (AvgIpc) is 3.81. The van der Waals surface area contributed by atoms with E-state index >= 15 is 0 Å². The number of benzene rings is 4. The van der Waals surface area contributed by atoms with E-state index in [9.17, 15) is 9.18 Å². The van der Waals surface area contributed by atoms with E-state index in [1.54, 1.807) is 62.7 Å². The Morgan fingerprint density at radius 2 is 1.62 bits per heavy atom. The van der Waals surface area contributed by atoms with E-state index in [0.29, 0.717) is 122 Å². The Hall–Kier alpha value is -6.44. The maximum atomic E-state index is 14.4. The number of hydrogen-bond acceptors (Lipinski definition) is 16. The van der Waals surface area contributed by atoms with E-state index in [1.165, 1.54) is 29.8 Å². The number of fused-ring (bicyclic) bond motifs is 7. The van der Waals surface area contributed by atoms with Crippen LogP contribution in [0.3, 0.4) is 0 Å². The van der Waals surface area contributed by atoms with Crippen LogP contribution in [0.4, 0.5) is 4.39 Å². The first kappa shape index (κ1) is 53.8. The molecule has 0 fully saturated rings. The number of halogens is 3. The lowest BCUT2D eigenvalue weighted by molar-refractivity contribution is -0.151. The lowest BCUT2D eigenvalue weighted by atomic mass is 9.92. The van der Waals surface area contributed by atoms with Crippen molar-refractivity contribution in [1.82, 2.24) is 19.9 Å². The first-order valence-corrected chi connectivity index (χ1v) is 25.4. The molecule has 0 unspecified atom stereocenters. The molecule has 74 heavy (non-hydrogen) atoms. The molecule has 0 N–H and O–H groups in total. The lowest BCUT2D eigenvalue weighted by Crippen LogP contribution is -2.32. The van der Waals surface area contributed by atoms with Gasteiger partial charge in [-0.3, -0.25) is 0 Å². The fourth-order valence-electron chi connectivity index (χ4n) is 8.11. The highest BCUT2D eigenvalue weighted by atomic mass is 35.5. The zero-order valence-corrected chi connectivity index (χ0v) is 43.7. The Morgan fingerprint density at radius 1 is 0.865 bits per heavy atom. The van der Waals surface area contributed by atoms with Crippen molar-refractivity contribution >= 4 is 50.7 Å². The topological polar surface area (TPSA) is 161 Å². The summed E-state index contributed by atoms with van der Waals surface area (Å²) in [6.07, 6.45) is 2.61. The highest BCUT2D eigenvalue weighted by Gasteiger charge is 2.32. The Balaban J connectivity index is 1.15. The van der Waals surface area contributed by atoms with E-state index in [4.69, 9.17) is 75.6 Å². The van der Waals surface area contributed by atoms with Crippen LogP contribution in [0.25, 0.3) is 43.2 Å². The van der Waals surface area contributed by atoms with E-state index < -0.39 is 24.0 Å². The molecule has 4 aromatic carbocycles. The van der Waals surface area contributed by atoms with E-state index in [0.717, 1.165) is 0 Å². The van der Waals surface area contributed by atoms with Crippen molar-refractivity contribution in [2.24, 2.45) is 0 Å². The van der Waals surface area contributed by atoms with Gasteiger partial charge < -0.3 is 47.4 Å². The van der Waals surface area contributed by atoms with Crippen LogP contribution in [0.15, 0.2) is 98.0 Å². The summed E-state index contributed by atoms with van der Waals surface area (Å²) in [5.41, 5.74) is 4.99. The van der Waals surface area contributed by atoms with E-state index in [2.05, 4.69) is 21.5 Å². The van der Waals surface area contributed by atoms with Gasteiger partial charge in [-0.25, -0.2) is 29.1 Å². The Bertz CT molecular complexity index is 3020. The summed E-state index contributed by atoms with van der Waals surface area (Å²) in [5.74, 6) is 1.12. The second kappa shape index (κ2) is 26.2. The third-order valence-electron chi connectivity index (χ3n) is 11.6. The molecule has 7 aromatic rings. The lowest BCUT2D eigenvalue weighted by Gasteiger charge is -2.24. The van der Waals surface area contributed by atoms with Crippen molar-refractivity contribution in [1.29, 1.82) is 0 Å². The van der Waals surface area contributed by atoms with E-state index in [-0.39, 0.29) is 61.1 Å². The minimum atomic E-state index is -1.27. The molecule has 0 spiro atoms. The third kappa shape index (κ3) is 13.1. The maximum absolute atomic E-state index is 14.4. The first-order valence-electron chi connectivity index (χ1n) is 23.9. The molecule has 0 saturated carbocycles. The summed E-state index contributed by atoms with van der Waals surface area (Å²) in [6.45, 7) is 12.2. The summed E-state index contributed by atoms with van der Waals surface area (Å²) in [4.78, 5) is 34.1. The van der Waals surface area contributed by atoms with Crippen LogP contribution >= 0.6 is 34.5 Å². The molecule has 2 aliphatic rings. The smallest absolute Gasteiger partial charge is 0.347 e. The summed E-state index contributed by atoms with van der Waals surface area (Å²) < 4.78 is 74.5. The molecule has 4 bridgehead atoms. The van der Waals surface area contributed by atoms with Gasteiger partial charge in [0, 0.05) is 35.7 Å². The van der Waals surface area contributed by atoms with Crippen molar-refractivity contribution in [3.63, 3.8) is 0 Å². The van der Waals surface area contributed by atoms with Gasteiger partial charge in [0.1, 0.15) is 54.0 Å². The monoisotopic (exact) mass is 1070 g/mol. The Kier molecular flexibility index (Phi) is 19.0. The van der Waals surface area contributed by atoms with Gasteiger partial charge in [-0.1, -0.05) is 53.5 Å². The molecular formula is C55H55Cl2FN4O11S. The second-order valence-electron chi connectivity index (χ2n) is 16.7. The maximum Gasteiger partial charge on any atom is 0.347 e. The molecule has 0 radical (unpaired) electrons. The number of carbonyl (C=O) groups is 1. The number of hydrogen-bond donors (Lipinski definition) is 0. The van der Waals surface area contributed by atoms with Crippen LogP contribution in [-0.4, -0.2) is 111 Å². The average molecular weight is 1070 g/mol. The molecule has 0 saturated heterocycles. The van der Waals surface area contributed by atoms with Gasteiger partial charge >= 0.3 is 5.97 Å². The quantitative estimate of drug-likeness (QED) is 0.0379. The summed E-state index contributed by atoms with van der Waals surface area (Å²) >= 11 is 15.9. The Morgan fingerprint density at radius 3 is 2.38 bits per heavy atom. The number of rotatable bonds is 21. The molecule has 9 rings (SSSR count). The van der Waals surface area contributed by atoms with Gasteiger partial charge in [-0.2, -0.15) is 0 Å². The predicted octanol–water partition coefficient (Wildman–Crippen LogP) is 11.1. The number of aromatic nitrogens is 4. The number of ether oxygens (including phenoxy) is 10. The molecule has 388 valence electrons. The summed E-state index contributed by atoms with van der Waals surface area (Å²) in [6, 6.07) is 20.6. The third-order valence-corrected chi connectivity index (χ3v) is 13.7. The second-order valence-corrected chi connectivity index (χ2v) is 18.4. The standard InChI is InChI=1S/C55H55Cl2FN4O11S/c1-6-20-67-30-40-31-70-39-16-17-42(71-29-38-18-19-59-52(62-38)41-10-8-9-11-43(41)69-26-25-66-24-23-65-22-21-64-5)36(27-39)28-44(55(63)68-7-2)73-53-47-46(45-33(3)48(56)50(72-40)49(57)34(45)4)51(74-54(47)61-32-60-53)35-12-14-37(58)15-13-35/h6,8-19,27,32,40,44H,1,7,20-26,28-31H2,2-5H3/t40-,44-/m1/s1. The molecule has 2 atom stereocenters. The van der Waals surface area contributed by atoms with Crippen LogP contribution in [0.2, 0.25) is 10.0 Å². The predicted molar refractivity (Wildman–Crippen MR) is 281 cm³/mol. The van der Waals surface area contributed by atoms with Gasteiger partial charge in [0.2, 0.25) is 12.0 Å². The van der Waals surface area contributed by atoms with E-state index in [1.807, 2.05) is 38.1 Å². The molecule has 0 aliphatic carbocycles. The van der Waals surface area contributed by atoms with Crippen molar-refractivity contribution < 1.29 is 56.6 Å². The number of thiophene rings is 1. The largest absolute Gasteiger partial charge is 0.490 e. The van der Waals surface area contributed by atoms with Gasteiger partial charge in [-0.05, 0) is 91.6 Å². The van der Waals surface area contributed by atoms with Crippen molar-refractivity contribution in [3.05, 3.63) is 136 Å². The highest BCUT2D eigenvalue weighted by Crippen LogP contribution is 2.53. The minimum Gasteiger partial charge on any atom is -0.490 e. The molecular weight excluding hydrogens is 1010 g/mol. The number of para-hydroxylation sites is 1. The fraction of sp³-hybridized carbons (Fsp3) is 0.327. The number of nitrogens with zero attached hydrogens (tertiary/aromatic N) is 4. The van der Waals surface area contributed by atoms with Gasteiger partial charge in [-0.15, -0.1) is 17.9 Å². The SMILES string of the molecule is C=CCOC[C@@H]1COc2ccc(OCc3ccnc(-c4ccccc4OCCOCCOCCOC)n3)c(c2)C[C@H](C(=O)OCC)Oc2ncnc3sc(-c4ccc(F)cc4)c(c23)-c2c(C)c(Cl)c(c(Cl)c2C)O1.